The Bertz CT molecular complexity index is 828. The first-order chi connectivity index (χ1) is 13.3. The average Bonchev–Trinajstić information content (AvgIpc) is 2.70. The van der Waals surface area contributed by atoms with E-state index in [0.29, 0.717) is 11.3 Å². The lowest BCUT2D eigenvalue weighted by Gasteiger charge is -2.19. The van der Waals surface area contributed by atoms with Gasteiger partial charge in [0.15, 0.2) is 0 Å². The second kappa shape index (κ2) is 9.64. The van der Waals surface area contributed by atoms with Gasteiger partial charge in [-0.1, -0.05) is 13.8 Å². The van der Waals surface area contributed by atoms with Crippen LogP contribution in [0.25, 0.3) is 0 Å². The van der Waals surface area contributed by atoms with Crippen molar-refractivity contribution in [3.8, 4) is 0 Å². The molecule has 1 amide bonds. The molecule has 0 aliphatic heterocycles. The minimum atomic E-state index is -0.693. The molecule has 0 saturated heterocycles. The van der Waals surface area contributed by atoms with Crippen molar-refractivity contribution < 1.29 is 14.3 Å². The van der Waals surface area contributed by atoms with Gasteiger partial charge >= 0.3 is 5.97 Å². The van der Waals surface area contributed by atoms with Crippen molar-refractivity contribution in [2.45, 2.75) is 19.9 Å². The van der Waals surface area contributed by atoms with Gasteiger partial charge in [-0.05, 0) is 54.4 Å². The largest absolute Gasteiger partial charge is 0.467 e. The summed E-state index contributed by atoms with van der Waals surface area (Å²) in [5, 5.41) is 11.1. The van der Waals surface area contributed by atoms with Crippen LogP contribution in [0, 0.1) is 5.92 Å². The van der Waals surface area contributed by atoms with Crippen molar-refractivity contribution in [3.05, 3.63) is 54.1 Å². The normalized spacial score (nSPS) is 12.1. The summed E-state index contributed by atoms with van der Waals surface area (Å²) in [5.41, 5.74) is 2.89. The SMILES string of the molecule is COC(=O)[C@@H](NC(=O)c1ccc(N=Nc2ccc(N(C)C)cc2)cc1)C(C)C. The monoisotopic (exact) mass is 382 g/mol. The van der Waals surface area contributed by atoms with Crippen LogP contribution in [0.3, 0.4) is 0 Å². The Kier molecular flexibility index (Phi) is 7.26. The van der Waals surface area contributed by atoms with E-state index < -0.39 is 12.0 Å². The molecule has 28 heavy (non-hydrogen) atoms. The molecular weight excluding hydrogens is 356 g/mol. The van der Waals surface area contributed by atoms with Gasteiger partial charge in [0.05, 0.1) is 18.5 Å². The molecule has 0 unspecified atom stereocenters. The first kappa shape index (κ1) is 21.1. The molecule has 0 heterocycles. The molecule has 2 rings (SSSR count). The molecule has 0 bridgehead atoms. The van der Waals surface area contributed by atoms with E-state index in [1.807, 2.05) is 57.1 Å². The van der Waals surface area contributed by atoms with Crippen molar-refractivity contribution >= 4 is 28.9 Å². The number of rotatable bonds is 7. The second-order valence-corrected chi connectivity index (χ2v) is 6.88. The zero-order valence-electron chi connectivity index (χ0n) is 16.8. The van der Waals surface area contributed by atoms with E-state index in [0.717, 1.165) is 11.4 Å². The lowest BCUT2D eigenvalue weighted by molar-refractivity contribution is -0.144. The lowest BCUT2D eigenvalue weighted by Crippen LogP contribution is -2.45. The van der Waals surface area contributed by atoms with Crippen LogP contribution in [0.1, 0.15) is 24.2 Å². The first-order valence-electron chi connectivity index (χ1n) is 8.99. The molecule has 0 spiro atoms. The van der Waals surface area contributed by atoms with E-state index in [1.54, 1.807) is 24.3 Å². The number of esters is 1. The average molecular weight is 382 g/mol. The van der Waals surface area contributed by atoms with E-state index in [1.165, 1.54) is 7.11 Å². The van der Waals surface area contributed by atoms with Gasteiger partial charge in [0.1, 0.15) is 6.04 Å². The molecule has 2 aromatic carbocycles. The highest BCUT2D eigenvalue weighted by atomic mass is 16.5. The van der Waals surface area contributed by atoms with Crippen LogP contribution < -0.4 is 10.2 Å². The Labute approximate surface area is 165 Å². The maximum Gasteiger partial charge on any atom is 0.328 e. The quantitative estimate of drug-likeness (QED) is 0.577. The third-order valence-electron chi connectivity index (χ3n) is 4.18. The fourth-order valence-corrected chi connectivity index (χ4v) is 2.46. The molecule has 7 nitrogen and oxygen atoms in total. The van der Waals surface area contributed by atoms with Crippen LogP contribution >= 0.6 is 0 Å². The van der Waals surface area contributed by atoms with Gasteiger partial charge in [0.25, 0.3) is 5.91 Å². The summed E-state index contributed by atoms with van der Waals surface area (Å²) in [4.78, 5) is 26.2. The summed E-state index contributed by atoms with van der Waals surface area (Å²) >= 11 is 0. The van der Waals surface area contributed by atoms with E-state index in [2.05, 4.69) is 15.5 Å². The Hall–Kier alpha value is -3.22. The molecule has 0 aromatic heterocycles. The Morgan fingerprint density at radius 3 is 1.86 bits per heavy atom. The minimum Gasteiger partial charge on any atom is -0.467 e. The smallest absolute Gasteiger partial charge is 0.328 e. The number of anilines is 1. The first-order valence-corrected chi connectivity index (χ1v) is 8.99. The summed E-state index contributed by atoms with van der Waals surface area (Å²) in [7, 11) is 5.25. The highest BCUT2D eigenvalue weighted by Gasteiger charge is 2.25. The van der Waals surface area contributed by atoms with Crippen LogP contribution in [0.5, 0.6) is 0 Å². The standard InChI is InChI=1S/C21H26N4O3/c1-14(2)19(21(27)28-5)22-20(26)15-6-8-16(9-7-15)23-24-17-10-12-18(13-11-17)25(3)4/h6-14,19H,1-5H3,(H,22,26)/t19-/m0/s1. The highest BCUT2D eigenvalue weighted by molar-refractivity contribution is 5.97. The summed E-state index contributed by atoms with van der Waals surface area (Å²) in [6.07, 6.45) is 0. The number of hydrogen-bond donors (Lipinski definition) is 1. The predicted molar refractivity (Wildman–Crippen MR) is 109 cm³/mol. The van der Waals surface area contributed by atoms with Gasteiger partial charge in [-0.25, -0.2) is 4.79 Å². The molecule has 0 fully saturated rings. The van der Waals surface area contributed by atoms with Gasteiger partial charge < -0.3 is 15.0 Å². The van der Waals surface area contributed by atoms with Crippen molar-refractivity contribution in [1.82, 2.24) is 5.32 Å². The molecule has 0 saturated carbocycles. The minimum absolute atomic E-state index is 0.0802. The molecule has 2 aromatic rings. The maximum atomic E-state index is 12.4. The molecule has 7 heteroatoms. The fourth-order valence-electron chi connectivity index (χ4n) is 2.46. The molecule has 0 radical (unpaired) electrons. The van der Waals surface area contributed by atoms with Crippen LogP contribution in [0.15, 0.2) is 58.8 Å². The second-order valence-electron chi connectivity index (χ2n) is 6.88. The summed E-state index contributed by atoms with van der Waals surface area (Å²) in [6, 6.07) is 13.7. The molecule has 0 aliphatic carbocycles. The number of nitrogens with zero attached hydrogens (tertiary/aromatic N) is 3. The number of benzene rings is 2. The van der Waals surface area contributed by atoms with Gasteiger partial charge in [-0.3, -0.25) is 4.79 Å². The number of azo groups is 1. The molecule has 148 valence electrons. The van der Waals surface area contributed by atoms with Crippen molar-refractivity contribution in [3.63, 3.8) is 0 Å². The van der Waals surface area contributed by atoms with Gasteiger partial charge in [0, 0.05) is 25.3 Å². The zero-order valence-corrected chi connectivity index (χ0v) is 16.8. The van der Waals surface area contributed by atoms with E-state index >= 15 is 0 Å². The molecular formula is C21H26N4O3. The molecule has 1 atom stereocenters. The van der Waals surface area contributed by atoms with E-state index in [-0.39, 0.29) is 11.8 Å². The van der Waals surface area contributed by atoms with Gasteiger partial charge in [0.2, 0.25) is 0 Å². The van der Waals surface area contributed by atoms with E-state index in [9.17, 15) is 9.59 Å². The number of hydrogen-bond acceptors (Lipinski definition) is 6. The zero-order chi connectivity index (χ0) is 20.7. The van der Waals surface area contributed by atoms with Crippen molar-refractivity contribution in [2.75, 3.05) is 26.1 Å². The number of carbonyl (C=O) groups excluding carboxylic acids is 2. The fraction of sp³-hybridized carbons (Fsp3) is 0.333. The number of carbonyl (C=O) groups is 2. The topological polar surface area (TPSA) is 83.4 Å². The third-order valence-corrected chi connectivity index (χ3v) is 4.18. The van der Waals surface area contributed by atoms with Crippen LogP contribution in [-0.2, 0) is 9.53 Å². The van der Waals surface area contributed by atoms with Crippen LogP contribution in [0.4, 0.5) is 17.1 Å². The third kappa shape index (κ3) is 5.64. The summed E-state index contributed by atoms with van der Waals surface area (Å²) < 4.78 is 4.74. The number of methoxy groups -OCH3 is 1. The predicted octanol–water partition coefficient (Wildman–Crippen LogP) is 4.10. The van der Waals surface area contributed by atoms with Gasteiger partial charge in [-0.15, -0.1) is 0 Å². The number of ether oxygens (including phenoxy) is 1. The van der Waals surface area contributed by atoms with Gasteiger partial charge in [-0.2, -0.15) is 10.2 Å². The number of nitrogens with one attached hydrogen (secondary N) is 1. The number of amides is 1. The molecule has 1 N–H and O–H groups in total. The van der Waals surface area contributed by atoms with E-state index in [4.69, 9.17) is 4.74 Å². The van der Waals surface area contributed by atoms with Crippen LogP contribution in [-0.4, -0.2) is 39.1 Å². The lowest BCUT2D eigenvalue weighted by atomic mass is 10.0. The van der Waals surface area contributed by atoms with Crippen molar-refractivity contribution in [1.29, 1.82) is 0 Å². The summed E-state index contributed by atoms with van der Waals surface area (Å²) in [5.74, 6) is -0.885. The Morgan fingerprint density at radius 2 is 1.43 bits per heavy atom. The summed E-state index contributed by atoms with van der Waals surface area (Å²) in [6.45, 7) is 3.69. The Balaban J connectivity index is 2.04. The maximum absolute atomic E-state index is 12.4. The highest BCUT2D eigenvalue weighted by Crippen LogP contribution is 2.21. The van der Waals surface area contributed by atoms with Crippen molar-refractivity contribution in [2.24, 2.45) is 16.1 Å². The Morgan fingerprint density at radius 1 is 0.929 bits per heavy atom. The molecule has 0 aliphatic rings. The van der Waals surface area contributed by atoms with Crippen LogP contribution in [0.2, 0.25) is 0 Å².